The van der Waals surface area contributed by atoms with Gasteiger partial charge in [0.25, 0.3) is 5.56 Å². The Hall–Kier alpha value is -1.59. The molecule has 1 N–H and O–H groups in total. The number of thioether (sulfide) groups is 1. The molecule has 2 heterocycles. The Balaban J connectivity index is 1.80. The minimum atomic E-state index is -0.0348. The van der Waals surface area contributed by atoms with E-state index >= 15 is 0 Å². The summed E-state index contributed by atoms with van der Waals surface area (Å²) in [5, 5.41) is 1.42. The van der Waals surface area contributed by atoms with Crippen LogP contribution in [0.5, 0.6) is 0 Å². The second-order valence-corrected chi connectivity index (χ2v) is 9.24. The van der Waals surface area contributed by atoms with Gasteiger partial charge in [-0.3, -0.25) is 4.79 Å². The summed E-state index contributed by atoms with van der Waals surface area (Å²) >= 11 is 3.16. The zero-order chi connectivity index (χ0) is 17.5. The zero-order valence-corrected chi connectivity index (χ0v) is 16.3. The third kappa shape index (κ3) is 3.42. The molecule has 3 aromatic rings. The summed E-state index contributed by atoms with van der Waals surface area (Å²) in [7, 11) is 0. The Morgan fingerprint density at radius 3 is 2.46 bits per heavy atom. The predicted octanol–water partition coefficient (Wildman–Crippen LogP) is 5.19. The van der Waals surface area contributed by atoms with Crippen molar-refractivity contribution in [1.29, 1.82) is 0 Å². The number of benzene rings is 1. The van der Waals surface area contributed by atoms with Crippen LogP contribution in [-0.4, -0.2) is 9.97 Å². The lowest BCUT2D eigenvalue weighted by Gasteiger charge is -2.19. The number of aromatic amines is 1. The fourth-order valence-corrected chi connectivity index (χ4v) is 4.46. The molecular formula is C19H22N2OS2. The van der Waals surface area contributed by atoms with Crippen LogP contribution in [0.4, 0.5) is 0 Å². The van der Waals surface area contributed by atoms with Crippen LogP contribution >= 0.6 is 23.1 Å². The average Bonchev–Trinajstić information content (AvgIpc) is 2.80. The van der Waals surface area contributed by atoms with E-state index in [-0.39, 0.29) is 11.0 Å². The van der Waals surface area contributed by atoms with Gasteiger partial charge in [0.05, 0.1) is 5.39 Å². The maximum Gasteiger partial charge on any atom is 0.260 e. The molecule has 5 heteroatoms. The molecule has 0 bridgehead atoms. The van der Waals surface area contributed by atoms with Gasteiger partial charge in [-0.2, -0.15) is 0 Å². The highest BCUT2D eigenvalue weighted by Gasteiger charge is 2.14. The summed E-state index contributed by atoms with van der Waals surface area (Å²) in [5.41, 5.74) is 3.73. The SMILES string of the molecule is Cc1sc2nc(SCc3ccc(C(C)(C)C)cc3)[nH]c(=O)c2c1C. The minimum Gasteiger partial charge on any atom is -0.301 e. The molecule has 3 nitrogen and oxygen atoms in total. The monoisotopic (exact) mass is 358 g/mol. The maximum atomic E-state index is 12.3. The van der Waals surface area contributed by atoms with E-state index in [9.17, 15) is 4.79 Å². The second-order valence-electron chi connectivity index (χ2n) is 7.07. The van der Waals surface area contributed by atoms with Crippen molar-refractivity contribution in [1.82, 2.24) is 9.97 Å². The molecule has 0 amide bonds. The molecule has 0 saturated heterocycles. The molecule has 126 valence electrons. The van der Waals surface area contributed by atoms with Gasteiger partial charge in [-0.1, -0.05) is 56.8 Å². The Labute approximate surface area is 150 Å². The third-order valence-corrected chi connectivity index (χ3v) is 6.26. The summed E-state index contributed by atoms with van der Waals surface area (Å²) in [4.78, 5) is 21.8. The van der Waals surface area contributed by atoms with Gasteiger partial charge in [0.1, 0.15) is 4.83 Å². The summed E-state index contributed by atoms with van der Waals surface area (Å²) in [6.07, 6.45) is 0. The van der Waals surface area contributed by atoms with Gasteiger partial charge in [0.2, 0.25) is 0 Å². The van der Waals surface area contributed by atoms with Crippen molar-refractivity contribution in [2.75, 3.05) is 0 Å². The molecule has 0 fully saturated rings. The summed E-state index contributed by atoms with van der Waals surface area (Å²) in [6.45, 7) is 10.7. The number of thiophene rings is 1. The first-order valence-corrected chi connectivity index (χ1v) is 9.78. The van der Waals surface area contributed by atoms with Gasteiger partial charge in [-0.05, 0) is 36.0 Å². The number of aryl methyl sites for hydroxylation is 2. The fourth-order valence-electron chi connectivity index (χ4n) is 2.56. The number of hydrogen-bond acceptors (Lipinski definition) is 4. The molecule has 0 atom stereocenters. The van der Waals surface area contributed by atoms with Crippen molar-refractivity contribution in [3.8, 4) is 0 Å². The van der Waals surface area contributed by atoms with Crippen molar-refractivity contribution in [3.05, 3.63) is 56.2 Å². The van der Waals surface area contributed by atoms with Crippen molar-refractivity contribution in [3.63, 3.8) is 0 Å². The van der Waals surface area contributed by atoms with E-state index in [0.717, 1.165) is 26.4 Å². The second kappa shape index (κ2) is 6.37. The highest BCUT2D eigenvalue weighted by molar-refractivity contribution is 7.98. The van der Waals surface area contributed by atoms with E-state index < -0.39 is 0 Å². The van der Waals surface area contributed by atoms with E-state index in [1.165, 1.54) is 11.1 Å². The predicted molar refractivity (Wildman–Crippen MR) is 104 cm³/mol. The van der Waals surface area contributed by atoms with E-state index in [1.54, 1.807) is 23.1 Å². The molecule has 0 spiro atoms. The quantitative estimate of drug-likeness (QED) is 0.517. The molecule has 2 aromatic heterocycles. The van der Waals surface area contributed by atoms with Crippen LogP contribution < -0.4 is 5.56 Å². The third-order valence-electron chi connectivity index (χ3n) is 4.21. The number of aromatic nitrogens is 2. The van der Waals surface area contributed by atoms with Crippen LogP contribution in [0.3, 0.4) is 0 Å². The van der Waals surface area contributed by atoms with E-state index in [4.69, 9.17) is 0 Å². The minimum absolute atomic E-state index is 0.0348. The Bertz CT molecular complexity index is 931. The number of fused-ring (bicyclic) bond motifs is 1. The molecule has 0 aliphatic carbocycles. The van der Waals surface area contributed by atoms with Crippen molar-refractivity contribution >= 4 is 33.3 Å². The Morgan fingerprint density at radius 2 is 1.83 bits per heavy atom. The van der Waals surface area contributed by atoms with Gasteiger partial charge in [0.15, 0.2) is 5.16 Å². The molecule has 0 aliphatic heterocycles. The number of hydrogen-bond donors (Lipinski definition) is 1. The average molecular weight is 359 g/mol. The summed E-state index contributed by atoms with van der Waals surface area (Å²) < 4.78 is 0. The van der Waals surface area contributed by atoms with Crippen molar-refractivity contribution in [2.45, 2.75) is 50.9 Å². The molecule has 0 aliphatic rings. The largest absolute Gasteiger partial charge is 0.301 e. The first-order valence-electron chi connectivity index (χ1n) is 7.98. The summed E-state index contributed by atoms with van der Waals surface area (Å²) in [6, 6.07) is 8.68. The maximum absolute atomic E-state index is 12.3. The molecule has 24 heavy (non-hydrogen) atoms. The topological polar surface area (TPSA) is 45.8 Å². The van der Waals surface area contributed by atoms with E-state index in [1.807, 2.05) is 13.8 Å². The first-order chi connectivity index (χ1) is 11.3. The van der Waals surface area contributed by atoms with Gasteiger partial charge in [0, 0.05) is 10.6 Å². The lowest BCUT2D eigenvalue weighted by Crippen LogP contribution is -2.10. The van der Waals surface area contributed by atoms with Crippen LogP contribution in [-0.2, 0) is 11.2 Å². The molecule has 3 rings (SSSR count). The van der Waals surface area contributed by atoms with Crippen LogP contribution in [0.1, 0.15) is 42.3 Å². The van der Waals surface area contributed by atoms with Crippen molar-refractivity contribution in [2.24, 2.45) is 0 Å². The van der Waals surface area contributed by atoms with Gasteiger partial charge in [-0.15, -0.1) is 11.3 Å². The van der Waals surface area contributed by atoms with E-state index in [2.05, 4.69) is 55.0 Å². The Morgan fingerprint density at radius 1 is 1.17 bits per heavy atom. The molecule has 0 unspecified atom stereocenters. The molecule has 0 radical (unpaired) electrons. The zero-order valence-electron chi connectivity index (χ0n) is 14.7. The lowest BCUT2D eigenvalue weighted by molar-refractivity contribution is 0.590. The molecular weight excluding hydrogens is 336 g/mol. The standard InChI is InChI=1S/C19H22N2OS2/c1-11-12(2)24-17-15(11)16(22)20-18(21-17)23-10-13-6-8-14(9-7-13)19(3,4)5/h6-9H,10H2,1-5H3,(H,20,21,22). The van der Waals surface area contributed by atoms with Crippen LogP contribution in [0, 0.1) is 13.8 Å². The summed E-state index contributed by atoms with van der Waals surface area (Å²) in [5.74, 6) is 0.794. The lowest BCUT2D eigenvalue weighted by atomic mass is 9.87. The normalized spacial score (nSPS) is 12.0. The Kier molecular flexibility index (Phi) is 4.58. The van der Waals surface area contributed by atoms with Gasteiger partial charge >= 0.3 is 0 Å². The van der Waals surface area contributed by atoms with Crippen LogP contribution in [0.2, 0.25) is 0 Å². The van der Waals surface area contributed by atoms with Crippen LogP contribution in [0.15, 0.2) is 34.2 Å². The number of rotatable bonds is 3. The van der Waals surface area contributed by atoms with Crippen molar-refractivity contribution < 1.29 is 0 Å². The van der Waals surface area contributed by atoms with Gasteiger partial charge < -0.3 is 4.98 Å². The first kappa shape index (κ1) is 17.2. The van der Waals surface area contributed by atoms with Gasteiger partial charge in [-0.25, -0.2) is 4.98 Å². The van der Waals surface area contributed by atoms with E-state index in [0.29, 0.717) is 5.16 Å². The highest BCUT2D eigenvalue weighted by Crippen LogP contribution is 2.28. The highest BCUT2D eigenvalue weighted by atomic mass is 32.2. The number of H-pyrrole nitrogens is 1. The smallest absolute Gasteiger partial charge is 0.260 e. The fraction of sp³-hybridized carbons (Fsp3) is 0.368. The number of nitrogens with one attached hydrogen (secondary N) is 1. The number of nitrogens with zero attached hydrogens (tertiary/aromatic N) is 1. The molecule has 1 aromatic carbocycles. The van der Waals surface area contributed by atoms with Crippen LogP contribution in [0.25, 0.3) is 10.2 Å². The molecule has 0 saturated carbocycles.